The monoisotopic (exact) mass is 247 g/mol. The molecule has 0 aliphatic heterocycles. The molecule has 6 heteroatoms. The third-order valence-electron chi connectivity index (χ3n) is 3.59. The summed E-state index contributed by atoms with van der Waals surface area (Å²) in [5, 5.41) is 7.57. The van der Waals surface area contributed by atoms with Crippen LogP contribution in [-0.4, -0.2) is 26.6 Å². The van der Waals surface area contributed by atoms with Gasteiger partial charge in [-0.05, 0) is 20.3 Å². The average Bonchev–Trinajstić information content (AvgIpc) is 2.52. The number of rotatable bonds is 1. The van der Waals surface area contributed by atoms with Gasteiger partial charge >= 0.3 is 0 Å². The molecule has 2 unspecified atom stereocenters. The molecular weight excluding hydrogens is 231 g/mol. The molecule has 1 aromatic rings. The highest BCUT2D eigenvalue weighted by Crippen LogP contribution is 2.49. The molecule has 0 N–H and O–H groups in total. The summed E-state index contributed by atoms with van der Waals surface area (Å²) in [5.74, 6) is -3.64. The summed E-state index contributed by atoms with van der Waals surface area (Å²) >= 11 is 0. The summed E-state index contributed by atoms with van der Waals surface area (Å²) < 4.78 is 42.7. The highest BCUT2D eigenvalue weighted by molar-refractivity contribution is 5.20. The first-order valence-corrected chi connectivity index (χ1v) is 5.66. The van der Waals surface area contributed by atoms with E-state index in [1.165, 1.54) is 11.6 Å². The Balaban J connectivity index is 2.41. The zero-order chi connectivity index (χ0) is 12.8. The Bertz CT molecular complexity index is 406. The van der Waals surface area contributed by atoms with E-state index in [-0.39, 0.29) is 12.8 Å². The number of hydrogen-bond acceptors (Lipinski definition) is 2. The predicted octanol–water partition coefficient (Wildman–Crippen LogP) is 2.75. The molecule has 3 nitrogen and oxygen atoms in total. The molecule has 0 aromatic carbocycles. The van der Waals surface area contributed by atoms with Crippen LogP contribution in [0.25, 0.3) is 0 Å². The van der Waals surface area contributed by atoms with Gasteiger partial charge in [0.05, 0.1) is 11.4 Å². The largest absolute Gasteiger partial charge is 0.252 e. The lowest BCUT2D eigenvalue weighted by molar-refractivity contribution is -0.0844. The van der Waals surface area contributed by atoms with E-state index in [1.807, 2.05) is 0 Å². The van der Waals surface area contributed by atoms with Crippen LogP contribution in [-0.2, 0) is 7.05 Å². The van der Waals surface area contributed by atoms with E-state index in [1.54, 1.807) is 14.0 Å². The summed E-state index contributed by atoms with van der Waals surface area (Å²) in [4.78, 5) is 0. The lowest BCUT2D eigenvalue weighted by atomic mass is 9.74. The summed E-state index contributed by atoms with van der Waals surface area (Å²) in [6.45, 7) is 3.06. The second kappa shape index (κ2) is 3.71. The van der Waals surface area contributed by atoms with Crippen LogP contribution in [0.1, 0.15) is 43.5 Å². The molecule has 2 atom stereocenters. The van der Waals surface area contributed by atoms with E-state index < -0.39 is 23.9 Å². The van der Waals surface area contributed by atoms with E-state index in [0.717, 1.165) is 0 Å². The van der Waals surface area contributed by atoms with Crippen molar-refractivity contribution in [3.8, 4) is 0 Å². The molecule has 0 saturated heterocycles. The van der Waals surface area contributed by atoms with Crippen molar-refractivity contribution in [2.75, 3.05) is 0 Å². The smallest absolute Gasteiger partial charge is 0.249 e. The van der Waals surface area contributed by atoms with Gasteiger partial charge < -0.3 is 0 Å². The van der Waals surface area contributed by atoms with Gasteiger partial charge in [-0.25, -0.2) is 13.2 Å². The second-order valence-corrected chi connectivity index (χ2v) is 5.07. The van der Waals surface area contributed by atoms with E-state index in [4.69, 9.17) is 0 Å². The molecule has 0 amide bonds. The molecule has 96 valence electrons. The van der Waals surface area contributed by atoms with E-state index in [0.29, 0.717) is 11.4 Å². The summed E-state index contributed by atoms with van der Waals surface area (Å²) in [6.07, 6.45) is -0.988. The van der Waals surface area contributed by atoms with Crippen molar-refractivity contribution in [1.82, 2.24) is 15.0 Å². The second-order valence-electron chi connectivity index (χ2n) is 5.07. The maximum atomic E-state index is 14.4. The summed E-state index contributed by atoms with van der Waals surface area (Å²) in [5.41, 5.74) is -0.615. The summed E-state index contributed by atoms with van der Waals surface area (Å²) in [6, 6.07) is 0. The number of nitrogens with zero attached hydrogens (tertiary/aromatic N) is 3. The fraction of sp³-hybridized carbons (Fsp3) is 0.818. The molecule has 1 saturated carbocycles. The maximum Gasteiger partial charge on any atom is 0.249 e. The van der Waals surface area contributed by atoms with Crippen molar-refractivity contribution in [2.24, 2.45) is 7.05 Å². The fourth-order valence-electron chi connectivity index (χ4n) is 2.54. The summed E-state index contributed by atoms with van der Waals surface area (Å²) in [7, 11) is 1.61. The molecule has 0 spiro atoms. The highest BCUT2D eigenvalue weighted by Gasteiger charge is 2.50. The molecule has 17 heavy (non-hydrogen) atoms. The molecule has 0 bridgehead atoms. The number of alkyl halides is 3. The van der Waals surface area contributed by atoms with E-state index >= 15 is 0 Å². The molecule has 1 aromatic heterocycles. The minimum Gasteiger partial charge on any atom is -0.252 e. The highest BCUT2D eigenvalue weighted by atomic mass is 19.3. The lowest BCUT2D eigenvalue weighted by Gasteiger charge is -2.38. The van der Waals surface area contributed by atoms with Gasteiger partial charge in [-0.2, -0.15) is 0 Å². The number of hydrogen-bond donors (Lipinski definition) is 0. The van der Waals surface area contributed by atoms with Crippen LogP contribution in [0.3, 0.4) is 0 Å². The Morgan fingerprint density at radius 3 is 2.47 bits per heavy atom. The zero-order valence-corrected chi connectivity index (χ0v) is 10.2. The van der Waals surface area contributed by atoms with Crippen LogP contribution in [0.5, 0.6) is 0 Å². The van der Waals surface area contributed by atoms with Gasteiger partial charge in [0.25, 0.3) is 0 Å². The Morgan fingerprint density at radius 2 is 1.94 bits per heavy atom. The molecule has 2 rings (SSSR count). The number of aromatic nitrogens is 3. The molecule has 1 aliphatic carbocycles. The van der Waals surface area contributed by atoms with Crippen LogP contribution in [0, 0.1) is 6.92 Å². The molecule has 1 fully saturated rings. The van der Waals surface area contributed by atoms with Gasteiger partial charge in [0.15, 0.2) is 0 Å². The maximum absolute atomic E-state index is 14.4. The molecular formula is C11H16F3N3. The normalized spacial score (nSPS) is 32.7. The van der Waals surface area contributed by atoms with Gasteiger partial charge in [0.2, 0.25) is 5.92 Å². The van der Waals surface area contributed by atoms with Crippen LogP contribution in [0.15, 0.2) is 0 Å². The Labute approximate surface area is 98.0 Å². The lowest BCUT2D eigenvalue weighted by Crippen LogP contribution is -2.41. The first kappa shape index (κ1) is 12.4. The topological polar surface area (TPSA) is 30.7 Å². The van der Waals surface area contributed by atoms with Crippen LogP contribution in [0.4, 0.5) is 13.2 Å². The van der Waals surface area contributed by atoms with Crippen molar-refractivity contribution in [3.63, 3.8) is 0 Å². The number of halogens is 3. The van der Waals surface area contributed by atoms with Crippen molar-refractivity contribution >= 4 is 0 Å². The van der Waals surface area contributed by atoms with Crippen molar-refractivity contribution in [3.05, 3.63) is 11.4 Å². The third-order valence-corrected chi connectivity index (χ3v) is 3.59. The van der Waals surface area contributed by atoms with Crippen molar-refractivity contribution in [2.45, 2.75) is 50.6 Å². The molecule has 1 aliphatic rings. The minimum atomic E-state index is -2.80. The first-order valence-electron chi connectivity index (χ1n) is 5.66. The quantitative estimate of drug-likeness (QED) is 0.764. The average molecular weight is 247 g/mol. The van der Waals surface area contributed by atoms with Crippen molar-refractivity contribution in [1.29, 1.82) is 0 Å². The van der Waals surface area contributed by atoms with Gasteiger partial charge in [-0.3, -0.25) is 4.68 Å². The number of aryl methyl sites for hydroxylation is 2. The third kappa shape index (κ3) is 2.17. The van der Waals surface area contributed by atoms with Crippen LogP contribution >= 0.6 is 0 Å². The van der Waals surface area contributed by atoms with E-state index in [2.05, 4.69) is 10.3 Å². The minimum absolute atomic E-state index is 0.130. The molecule has 0 radical (unpaired) electrons. The Morgan fingerprint density at radius 1 is 1.29 bits per heavy atom. The predicted molar refractivity (Wildman–Crippen MR) is 56.8 cm³/mol. The Hall–Kier alpha value is -1.07. The van der Waals surface area contributed by atoms with Crippen molar-refractivity contribution < 1.29 is 13.2 Å². The van der Waals surface area contributed by atoms with Crippen LogP contribution < -0.4 is 0 Å². The fourth-order valence-corrected chi connectivity index (χ4v) is 2.54. The van der Waals surface area contributed by atoms with Gasteiger partial charge in [0, 0.05) is 25.8 Å². The van der Waals surface area contributed by atoms with Gasteiger partial charge in [0.1, 0.15) is 5.67 Å². The molecule has 1 heterocycles. The van der Waals surface area contributed by atoms with Crippen LogP contribution in [0.2, 0.25) is 0 Å². The standard InChI is InChI=1S/C11H16F3N3/c1-7-9(17(3)16-15-7)8-6-11(13,14)5-4-10(8,2)12/h8H,4-6H2,1-3H3. The van der Waals surface area contributed by atoms with Gasteiger partial charge in [-0.1, -0.05) is 5.21 Å². The van der Waals surface area contributed by atoms with E-state index in [9.17, 15) is 13.2 Å². The first-order chi connectivity index (χ1) is 7.73. The zero-order valence-electron chi connectivity index (χ0n) is 10.2. The SMILES string of the molecule is Cc1nnn(C)c1C1CC(F)(F)CCC1(C)F. The Kier molecular flexibility index (Phi) is 2.71. The van der Waals surface area contributed by atoms with Gasteiger partial charge in [-0.15, -0.1) is 5.10 Å².